The number of benzene rings is 9. The SMILES string of the molecule is c1ccc(-c2ccc(-c3nc(-c4ccc5ccccc5c4)nc(-c4cccc5oc6ccc(-n7c8ccccc8c8cc9ccccc9cc87)cc6c45)n3)cc2)cc1. The lowest BCUT2D eigenvalue weighted by Gasteiger charge is -2.11. The van der Waals surface area contributed by atoms with Gasteiger partial charge in [-0.3, -0.25) is 0 Å². The van der Waals surface area contributed by atoms with Crippen molar-refractivity contribution < 1.29 is 4.42 Å². The van der Waals surface area contributed by atoms with E-state index >= 15 is 0 Å². The number of nitrogens with zero attached hydrogens (tertiary/aromatic N) is 4. The van der Waals surface area contributed by atoms with Gasteiger partial charge in [-0.25, -0.2) is 15.0 Å². The summed E-state index contributed by atoms with van der Waals surface area (Å²) in [7, 11) is 0. The molecule has 0 unspecified atom stereocenters. The second-order valence-corrected chi connectivity index (χ2v) is 14.8. The molecule has 0 aliphatic rings. The number of para-hydroxylation sites is 1. The molecule has 270 valence electrons. The molecule has 58 heavy (non-hydrogen) atoms. The van der Waals surface area contributed by atoms with Gasteiger partial charge in [0, 0.05) is 43.9 Å². The molecule has 0 radical (unpaired) electrons. The first-order chi connectivity index (χ1) is 28.7. The van der Waals surface area contributed by atoms with Gasteiger partial charge in [0.1, 0.15) is 11.2 Å². The van der Waals surface area contributed by atoms with Crippen LogP contribution in [0.1, 0.15) is 0 Å². The molecule has 0 spiro atoms. The molecule has 0 atom stereocenters. The van der Waals surface area contributed by atoms with Gasteiger partial charge in [0.15, 0.2) is 17.5 Å². The van der Waals surface area contributed by atoms with E-state index in [1.54, 1.807) is 0 Å². The van der Waals surface area contributed by atoms with E-state index in [4.69, 9.17) is 19.4 Å². The first-order valence-corrected chi connectivity index (χ1v) is 19.5. The van der Waals surface area contributed by atoms with Crippen LogP contribution in [0, 0.1) is 0 Å². The van der Waals surface area contributed by atoms with Crippen LogP contribution < -0.4 is 0 Å². The van der Waals surface area contributed by atoms with Gasteiger partial charge in [-0.2, -0.15) is 0 Å². The van der Waals surface area contributed by atoms with Crippen LogP contribution in [0.5, 0.6) is 0 Å². The molecule has 3 aromatic heterocycles. The molecule has 0 saturated heterocycles. The van der Waals surface area contributed by atoms with Gasteiger partial charge in [0.05, 0.1) is 11.0 Å². The fourth-order valence-electron chi connectivity index (χ4n) is 8.60. The van der Waals surface area contributed by atoms with E-state index in [1.807, 2.05) is 18.2 Å². The molecule has 0 amide bonds. The summed E-state index contributed by atoms with van der Waals surface area (Å²) in [6, 6.07) is 68.1. The Morgan fingerprint density at radius 1 is 0.345 bits per heavy atom. The highest BCUT2D eigenvalue weighted by Gasteiger charge is 2.20. The zero-order chi connectivity index (χ0) is 38.2. The van der Waals surface area contributed by atoms with Crippen LogP contribution in [0.3, 0.4) is 0 Å². The summed E-state index contributed by atoms with van der Waals surface area (Å²) in [5.41, 5.74) is 9.97. The van der Waals surface area contributed by atoms with E-state index in [0.717, 1.165) is 71.9 Å². The largest absolute Gasteiger partial charge is 0.456 e. The van der Waals surface area contributed by atoms with E-state index in [9.17, 15) is 0 Å². The lowest BCUT2D eigenvalue weighted by Crippen LogP contribution is -2.00. The van der Waals surface area contributed by atoms with Gasteiger partial charge in [-0.15, -0.1) is 0 Å². The van der Waals surface area contributed by atoms with Crippen molar-refractivity contribution in [1.82, 2.24) is 19.5 Å². The molecule has 12 aromatic rings. The van der Waals surface area contributed by atoms with Crippen molar-refractivity contribution in [3.05, 3.63) is 194 Å². The minimum Gasteiger partial charge on any atom is -0.456 e. The lowest BCUT2D eigenvalue weighted by atomic mass is 10.0. The Bertz CT molecular complexity index is 3560. The first kappa shape index (κ1) is 32.4. The normalized spacial score (nSPS) is 11.8. The average molecular weight is 741 g/mol. The number of hydrogen-bond acceptors (Lipinski definition) is 4. The molecule has 3 heterocycles. The molecular formula is C53H32N4O. The Kier molecular flexibility index (Phi) is 7.16. The van der Waals surface area contributed by atoms with E-state index in [2.05, 4.69) is 180 Å². The van der Waals surface area contributed by atoms with Gasteiger partial charge in [-0.05, 0) is 81.2 Å². The maximum absolute atomic E-state index is 6.57. The number of rotatable bonds is 5. The van der Waals surface area contributed by atoms with Gasteiger partial charge >= 0.3 is 0 Å². The van der Waals surface area contributed by atoms with E-state index in [0.29, 0.717) is 17.5 Å². The van der Waals surface area contributed by atoms with Crippen molar-refractivity contribution in [1.29, 1.82) is 0 Å². The average Bonchev–Trinajstić information content (AvgIpc) is 3.83. The molecule has 12 rings (SSSR count). The van der Waals surface area contributed by atoms with Crippen LogP contribution in [0.25, 0.3) is 116 Å². The topological polar surface area (TPSA) is 56.7 Å². The van der Waals surface area contributed by atoms with Crippen LogP contribution >= 0.6 is 0 Å². The first-order valence-electron chi connectivity index (χ1n) is 19.5. The summed E-state index contributed by atoms with van der Waals surface area (Å²) in [5.74, 6) is 1.80. The van der Waals surface area contributed by atoms with Gasteiger partial charge in [-0.1, -0.05) is 146 Å². The van der Waals surface area contributed by atoms with Crippen LogP contribution in [0.4, 0.5) is 0 Å². The van der Waals surface area contributed by atoms with Crippen molar-refractivity contribution in [2.75, 3.05) is 0 Å². The quantitative estimate of drug-likeness (QED) is 0.176. The number of fused-ring (bicyclic) bond motifs is 8. The smallest absolute Gasteiger partial charge is 0.164 e. The third-order valence-corrected chi connectivity index (χ3v) is 11.4. The monoisotopic (exact) mass is 740 g/mol. The fraction of sp³-hybridized carbons (Fsp3) is 0. The highest BCUT2D eigenvalue weighted by atomic mass is 16.3. The highest BCUT2D eigenvalue weighted by Crippen LogP contribution is 2.40. The van der Waals surface area contributed by atoms with Crippen molar-refractivity contribution >= 4 is 65.3 Å². The molecule has 0 aliphatic heterocycles. The maximum atomic E-state index is 6.57. The highest BCUT2D eigenvalue weighted by molar-refractivity contribution is 6.15. The molecule has 9 aromatic carbocycles. The van der Waals surface area contributed by atoms with Crippen LogP contribution in [-0.2, 0) is 0 Å². The van der Waals surface area contributed by atoms with Crippen LogP contribution in [0.2, 0.25) is 0 Å². The number of aromatic nitrogens is 4. The van der Waals surface area contributed by atoms with E-state index < -0.39 is 0 Å². The molecule has 0 fully saturated rings. The Balaban J connectivity index is 1.07. The predicted octanol–water partition coefficient (Wildman–Crippen LogP) is 13.8. The Labute approximate surface area is 333 Å². The molecule has 0 aliphatic carbocycles. The number of furan rings is 1. The molecule has 0 saturated carbocycles. The minimum absolute atomic E-state index is 0.585. The predicted molar refractivity (Wildman–Crippen MR) is 238 cm³/mol. The summed E-state index contributed by atoms with van der Waals surface area (Å²) < 4.78 is 8.94. The Morgan fingerprint density at radius 3 is 1.81 bits per heavy atom. The second-order valence-electron chi connectivity index (χ2n) is 14.8. The van der Waals surface area contributed by atoms with Crippen molar-refractivity contribution in [3.63, 3.8) is 0 Å². The van der Waals surface area contributed by atoms with Crippen molar-refractivity contribution in [2.45, 2.75) is 0 Å². The van der Waals surface area contributed by atoms with Gasteiger partial charge < -0.3 is 8.98 Å². The summed E-state index contributed by atoms with van der Waals surface area (Å²) in [6.07, 6.45) is 0. The van der Waals surface area contributed by atoms with Gasteiger partial charge in [0.2, 0.25) is 0 Å². The molecule has 0 N–H and O–H groups in total. The third kappa shape index (κ3) is 5.21. The maximum Gasteiger partial charge on any atom is 0.164 e. The van der Waals surface area contributed by atoms with Gasteiger partial charge in [0.25, 0.3) is 0 Å². The lowest BCUT2D eigenvalue weighted by molar-refractivity contribution is 0.669. The van der Waals surface area contributed by atoms with Crippen molar-refractivity contribution in [2.24, 2.45) is 0 Å². The molecule has 5 heteroatoms. The summed E-state index contributed by atoms with van der Waals surface area (Å²) >= 11 is 0. The summed E-state index contributed by atoms with van der Waals surface area (Å²) in [5, 5.41) is 9.13. The van der Waals surface area contributed by atoms with Crippen LogP contribution in [-0.4, -0.2) is 19.5 Å². The summed E-state index contributed by atoms with van der Waals surface area (Å²) in [4.78, 5) is 15.6. The Hall–Kier alpha value is -7.89. The molecular weight excluding hydrogens is 709 g/mol. The molecule has 0 bridgehead atoms. The standard InChI is InChI=1S/C53H32N4O/c1-2-11-33(12-3-1)35-21-24-36(25-22-35)51-54-52(40-26-23-34-13-4-5-14-37(34)29-40)56-53(55-51)43-18-10-20-49-50(43)45-32-41(27-28-48(45)58-49)57-46-19-9-8-17-42(46)44-30-38-15-6-7-16-39(38)31-47(44)57/h1-32H. The number of hydrogen-bond donors (Lipinski definition) is 0. The van der Waals surface area contributed by atoms with E-state index in [-0.39, 0.29) is 0 Å². The second kappa shape index (κ2) is 12.8. The fourth-order valence-corrected chi connectivity index (χ4v) is 8.60. The van der Waals surface area contributed by atoms with Crippen molar-refractivity contribution in [3.8, 4) is 51.0 Å². The van der Waals surface area contributed by atoms with Crippen LogP contribution in [0.15, 0.2) is 199 Å². The third-order valence-electron chi connectivity index (χ3n) is 11.4. The minimum atomic E-state index is 0.585. The van der Waals surface area contributed by atoms with E-state index in [1.165, 1.54) is 26.9 Å². The Morgan fingerprint density at radius 2 is 0.983 bits per heavy atom. The zero-order valence-corrected chi connectivity index (χ0v) is 31.2. The summed E-state index contributed by atoms with van der Waals surface area (Å²) in [6.45, 7) is 0. The zero-order valence-electron chi connectivity index (χ0n) is 31.2. The molecule has 5 nitrogen and oxygen atoms in total.